The first-order chi connectivity index (χ1) is 7.79. The Morgan fingerprint density at radius 2 is 1.56 bits per heavy atom. The van der Waals surface area contributed by atoms with E-state index in [1.807, 2.05) is 0 Å². The van der Waals surface area contributed by atoms with E-state index in [0.29, 0.717) is 11.8 Å². The van der Waals surface area contributed by atoms with Crippen molar-refractivity contribution in [2.75, 3.05) is 7.05 Å². The molecular weight excluding hydrogens is 198 g/mol. The van der Waals surface area contributed by atoms with E-state index in [2.05, 4.69) is 11.9 Å². The summed E-state index contributed by atoms with van der Waals surface area (Å²) in [5, 5.41) is 0. The molecule has 0 aromatic rings. The Labute approximate surface area is 99.4 Å². The van der Waals surface area contributed by atoms with E-state index in [0.717, 1.165) is 19.3 Å². The van der Waals surface area contributed by atoms with Crippen molar-refractivity contribution in [3.63, 3.8) is 0 Å². The monoisotopic (exact) mass is 223 g/mol. The molecular formula is C14H25NO. The van der Waals surface area contributed by atoms with Gasteiger partial charge in [-0.05, 0) is 32.7 Å². The van der Waals surface area contributed by atoms with Gasteiger partial charge in [-0.15, -0.1) is 0 Å². The third-order valence-corrected chi connectivity index (χ3v) is 4.41. The summed E-state index contributed by atoms with van der Waals surface area (Å²) in [6, 6.07) is 0.923. The van der Waals surface area contributed by atoms with Gasteiger partial charge in [-0.25, -0.2) is 0 Å². The zero-order valence-electron chi connectivity index (χ0n) is 10.6. The molecule has 0 N–H and O–H groups in total. The summed E-state index contributed by atoms with van der Waals surface area (Å²) in [6.45, 7) is 0. The number of likely N-dealkylation sites (N-methyl/N-ethyl adjacent to an activating group) is 1. The lowest BCUT2D eigenvalue weighted by molar-refractivity contribution is -0.124. The molecule has 0 spiro atoms. The van der Waals surface area contributed by atoms with Gasteiger partial charge < -0.3 is 0 Å². The molecule has 0 amide bonds. The summed E-state index contributed by atoms with van der Waals surface area (Å²) in [4.78, 5) is 14.5. The second-order valence-corrected chi connectivity index (χ2v) is 5.54. The first-order valence-electron chi connectivity index (χ1n) is 7.03. The van der Waals surface area contributed by atoms with Gasteiger partial charge in [0.15, 0.2) is 0 Å². The van der Waals surface area contributed by atoms with E-state index >= 15 is 0 Å². The minimum atomic E-state index is 0.241. The van der Waals surface area contributed by atoms with Gasteiger partial charge in [0.2, 0.25) is 0 Å². The van der Waals surface area contributed by atoms with Gasteiger partial charge in [-0.2, -0.15) is 0 Å². The first kappa shape index (κ1) is 12.1. The molecule has 92 valence electrons. The average Bonchev–Trinajstić information content (AvgIpc) is 2.54. The molecule has 2 nitrogen and oxygen atoms in total. The van der Waals surface area contributed by atoms with Crippen molar-refractivity contribution in [1.82, 2.24) is 4.90 Å². The van der Waals surface area contributed by atoms with Gasteiger partial charge in [-0.1, -0.05) is 32.1 Å². The fourth-order valence-corrected chi connectivity index (χ4v) is 3.31. The van der Waals surface area contributed by atoms with Crippen LogP contribution in [0, 0.1) is 0 Å². The third kappa shape index (κ3) is 2.85. The predicted molar refractivity (Wildman–Crippen MR) is 66.5 cm³/mol. The summed E-state index contributed by atoms with van der Waals surface area (Å²) in [5.41, 5.74) is 0. The Hall–Kier alpha value is -0.370. The molecule has 2 aliphatic carbocycles. The summed E-state index contributed by atoms with van der Waals surface area (Å²) in [7, 11) is 2.18. The topological polar surface area (TPSA) is 20.3 Å². The third-order valence-electron chi connectivity index (χ3n) is 4.41. The molecule has 1 atom stereocenters. The van der Waals surface area contributed by atoms with Gasteiger partial charge in [0.05, 0.1) is 6.04 Å². The number of hydrogen-bond donors (Lipinski definition) is 0. The Kier molecular flexibility index (Phi) is 4.39. The highest BCUT2D eigenvalue weighted by atomic mass is 16.1. The lowest BCUT2D eigenvalue weighted by Crippen LogP contribution is -2.45. The second-order valence-electron chi connectivity index (χ2n) is 5.54. The van der Waals surface area contributed by atoms with Crippen LogP contribution in [0.3, 0.4) is 0 Å². The Morgan fingerprint density at radius 1 is 0.938 bits per heavy atom. The molecule has 2 fully saturated rings. The minimum Gasteiger partial charge on any atom is -0.298 e. The van der Waals surface area contributed by atoms with Gasteiger partial charge in [0.1, 0.15) is 5.78 Å². The number of ketones is 1. The van der Waals surface area contributed by atoms with Gasteiger partial charge in [-0.3, -0.25) is 9.69 Å². The highest BCUT2D eigenvalue weighted by Gasteiger charge is 2.29. The van der Waals surface area contributed by atoms with Crippen LogP contribution in [-0.4, -0.2) is 29.8 Å². The largest absolute Gasteiger partial charge is 0.298 e. The normalized spacial score (nSPS) is 29.4. The van der Waals surface area contributed by atoms with Crippen LogP contribution in [-0.2, 0) is 4.79 Å². The van der Waals surface area contributed by atoms with Crippen molar-refractivity contribution in [2.24, 2.45) is 0 Å². The molecule has 0 aliphatic heterocycles. The van der Waals surface area contributed by atoms with Gasteiger partial charge in [0, 0.05) is 12.5 Å². The van der Waals surface area contributed by atoms with E-state index in [4.69, 9.17) is 0 Å². The maximum atomic E-state index is 12.1. The number of rotatable bonds is 2. The molecule has 0 aromatic heterocycles. The van der Waals surface area contributed by atoms with Crippen molar-refractivity contribution in [1.29, 1.82) is 0 Å². The summed E-state index contributed by atoms with van der Waals surface area (Å²) >= 11 is 0. The van der Waals surface area contributed by atoms with Crippen LogP contribution < -0.4 is 0 Å². The van der Waals surface area contributed by atoms with E-state index in [1.54, 1.807) is 0 Å². The first-order valence-corrected chi connectivity index (χ1v) is 7.03. The summed E-state index contributed by atoms with van der Waals surface area (Å²) in [6.07, 6.45) is 12.3. The van der Waals surface area contributed by atoms with Crippen LogP contribution in [0.15, 0.2) is 0 Å². The van der Waals surface area contributed by atoms with Crippen LogP contribution in [0.25, 0.3) is 0 Å². The lowest BCUT2D eigenvalue weighted by atomic mass is 9.92. The van der Waals surface area contributed by atoms with Crippen molar-refractivity contribution >= 4 is 5.78 Å². The summed E-state index contributed by atoms with van der Waals surface area (Å²) in [5.74, 6) is 0.505. The maximum Gasteiger partial charge on any atom is 0.149 e. The van der Waals surface area contributed by atoms with Crippen LogP contribution in [0.5, 0.6) is 0 Å². The van der Waals surface area contributed by atoms with Crippen LogP contribution in [0.4, 0.5) is 0 Å². The summed E-state index contributed by atoms with van der Waals surface area (Å²) < 4.78 is 0. The average molecular weight is 223 g/mol. The maximum absolute atomic E-state index is 12.1. The zero-order chi connectivity index (χ0) is 11.4. The van der Waals surface area contributed by atoms with Crippen molar-refractivity contribution in [2.45, 2.75) is 76.3 Å². The number of carbonyl (C=O) groups excluding carboxylic acids is 1. The number of carbonyl (C=O) groups is 1. The molecule has 2 rings (SSSR count). The van der Waals surface area contributed by atoms with Crippen molar-refractivity contribution in [3.8, 4) is 0 Å². The van der Waals surface area contributed by atoms with E-state index in [-0.39, 0.29) is 6.04 Å². The van der Waals surface area contributed by atoms with E-state index in [1.165, 1.54) is 44.9 Å². The molecule has 0 heterocycles. The highest BCUT2D eigenvalue weighted by molar-refractivity contribution is 5.84. The molecule has 2 heteroatoms. The smallest absolute Gasteiger partial charge is 0.149 e. The molecule has 2 saturated carbocycles. The predicted octanol–water partition coefficient (Wildman–Crippen LogP) is 3.15. The van der Waals surface area contributed by atoms with Gasteiger partial charge >= 0.3 is 0 Å². The van der Waals surface area contributed by atoms with E-state index < -0.39 is 0 Å². The Balaban J connectivity index is 1.95. The second kappa shape index (κ2) is 5.81. The fourth-order valence-electron chi connectivity index (χ4n) is 3.31. The minimum absolute atomic E-state index is 0.241. The molecule has 0 saturated heterocycles. The molecule has 16 heavy (non-hydrogen) atoms. The number of hydrogen-bond acceptors (Lipinski definition) is 2. The Bertz CT molecular complexity index is 233. The molecule has 0 aromatic carbocycles. The standard InChI is InChI=1S/C14H25NO/c1-15(12-8-4-2-5-9-12)13-10-6-3-7-11-14(13)16/h12-13H,2-11H2,1H3. The molecule has 0 radical (unpaired) electrons. The van der Waals surface area contributed by atoms with Gasteiger partial charge in [0.25, 0.3) is 0 Å². The lowest BCUT2D eigenvalue weighted by Gasteiger charge is -2.36. The van der Waals surface area contributed by atoms with Crippen LogP contribution in [0.1, 0.15) is 64.2 Å². The SMILES string of the molecule is CN(C1CCCCC1)C1CCCCCC1=O. The number of Topliss-reactive ketones (excluding diaryl/α,β-unsaturated/α-hetero) is 1. The number of nitrogens with zero attached hydrogens (tertiary/aromatic N) is 1. The fraction of sp³-hybridized carbons (Fsp3) is 0.929. The van der Waals surface area contributed by atoms with E-state index in [9.17, 15) is 4.79 Å². The molecule has 1 unspecified atom stereocenters. The van der Waals surface area contributed by atoms with Crippen molar-refractivity contribution in [3.05, 3.63) is 0 Å². The zero-order valence-corrected chi connectivity index (χ0v) is 10.6. The molecule has 0 bridgehead atoms. The highest BCUT2D eigenvalue weighted by Crippen LogP contribution is 2.26. The molecule has 2 aliphatic rings. The Morgan fingerprint density at radius 3 is 2.31 bits per heavy atom. The van der Waals surface area contributed by atoms with Crippen LogP contribution >= 0.6 is 0 Å². The quantitative estimate of drug-likeness (QED) is 0.670. The van der Waals surface area contributed by atoms with Crippen molar-refractivity contribution < 1.29 is 4.79 Å². The van der Waals surface area contributed by atoms with Crippen LogP contribution in [0.2, 0.25) is 0 Å².